The molecule has 2 aromatic rings. The molecule has 0 aliphatic rings. The van der Waals surface area contributed by atoms with E-state index in [-0.39, 0.29) is 0 Å². The van der Waals surface area contributed by atoms with E-state index in [2.05, 4.69) is 25.6 Å². The Labute approximate surface area is 104 Å². The Morgan fingerprint density at radius 3 is 2.59 bits per heavy atom. The van der Waals surface area contributed by atoms with Crippen molar-refractivity contribution in [1.82, 2.24) is 15.0 Å². The molecule has 2 heterocycles. The van der Waals surface area contributed by atoms with Gasteiger partial charge in [0.15, 0.2) is 0 Å². The number of nitrogens with zero attached hydrogens (tertiary/aromatic N) is 3. The van der Waals surface area contributed by atoms with Crippen LogP contribution in [-0.2, 0) is 6.54 Å². The fourth-order valence-corrected chi connectivity index (χ4v) is 2.13. The van der Waals surface area contributed by atoms with Crippen LogP contribution in [0.2, 0.25) is 0 Å². The molecule has 2 N–H and O–H groups in total. The van der Waals surface area contributed by atoms with Crippen molar-refractivity contribution in [1.29, 1.82) is 0 Å². The zero-order valence-electron chi connectivity index (χ0n) is 9.90. The predicted molar refractivity (Wildman–Crippen MR) is 70.4 cm³/mol. The summed E-state index contributed by atoms with van der Waals surface area (Å²) in [6.07, 6.45) is 3.44. The highest BCUT2D eigenvalue weighted by Crippen LogP contribution is 2.14. The van der Waals surface area contributed by atoms with Gasteiger partial charge in [-0.3, -0.25) is 0 Å². The van der Waals surface area contributed by atoms with Gasteiger partial charge in [0.2, 0.25) is 0 Å². The lowest BCUT2D eigenvalue weighted by Crippen LogP contribution is -2.03. The Morgan fingerprint density at radius 2 is 1.94 bits per heavy atom. The highest BCUT2D eigenvalue weighted by molar-refractivity contribution is 7.11. The minimum atomic E-state index is 0.744. The van der Waals surface area contributed by atoms with Gasteiger partial charge in [-0.1, -0.05) is 0 Å². The van der Waals surface area contributed by atoms with E-state index in [1.165, 1.54) is 4.88 Å². The molecule has 0 radical (unpaired) electrons. The monoisotopic (exact) mass is 249 g/mol. The molecule has 6 heteroatoms. The highest BCUT2D eigenvalue weighted by Gasteiger charge is 2.00. The van der Waals surface area contributed by atoms with Crippen molar-refractivity contribution in [3.63, 3.8) is 0 Å². The average Bonchev–Trinajstić information content (AvgIpc) is 2.74. The molecule has 0 spiro atoms. The maximum atomic E-state index is 4.21. The van der Waals surface area contributed by atoms with Crippen LogP contribution in [0.1, 0.15) is 16.8 Å². The standard InChI is InChI=1S/C11H15N5S/c1-3-12-10-4-11(16-7-15-10)14-6-9-5-13-8(2)17-9/h4-5,7H,3,6H2,1-2H3,(H2,12,14,15,16). The van der Waals surface area contributed by atoms with Gasteiger partial charge < -0.3 is 10.6 Å². The van der Waals surface area contributed by atoms with Crippen molar-refractivity contribution in [2.75, 3.05) is 17.2 Å². The fraction of sp³-hybridized carbons (Fsp3) is 0.364. The summed E-state index contributed by atoms with van der Waals surface area (Å²) in [4.78, 5) is 13.7. The van der Waals surface area contributed by atoms with Gasteiger partial charge in [-0.25, -0.2) is 15.0 Å². The minimum absolute atomic E-state index is 0.744. The number of hydrogen-bond acceptors (Lipinski definition) is 6. The predicted octanol–water partition coefficient (Wildman–Crippen LogP) is 2.29. The SMILES string of the molecule is CCNc1cc(NCc2cnc(C)s2)ncn1. The third kappa shape index (κ3) is 3.39. The number of hydrogen-bond donors (Lipinski definition) is 2. The first kappa shape index (κ1) is 11.8. The van der Waals surface area contributed by atoms with Crippen LogP contribution in [0.5, 0.6) is 0 Å². The van der Waals surface area contributed by atoms with E-state index in [4.69, 9.17) is 0 Å². The molecule has 0 amide bonds. The van der Waals surface area contributed by atoms with E-state index in [9.17, 15) is 0 Å². The molecule has 0 aromatic carbocycles. The minimum Gasteiger partial charge on any atom is -0.370 e. The molecule has 0 saturated heterocycles. The molecule has 17 heavy (non-hydrogen) atoms. The lowest BCUT2D eigenvalue weighted by atomic mass is 10.4. The van der Waals surface area contributed by atoms with E-state index < -0.39 is 0 Å². The van der Waals surface area contributed by atoms with E-state index >= 15 is 0 Å². The summed E-state index contributed by atoms with van der Waals surface area (Å²) in [5, 5.41) is 7.48. The zero-order chi connectivity index (χ0) is 12.1. The maximum absolute atomic E-state index is 4.21. The molecule has 0 fully saturated rings. The number of nitrogens with one attached hydrogen (secondary N) is 2. The fourth-order valence-electron chi connectivity index (χ4n) is 1.40. The Bertz CT molecular complexity index is 482. The second-order valence-electron chi connectivity index (χ2n) is 3.52. The number of thiazole rings is 1. The van der Waals surface area contributed by atoms with Crippen molar-refractivity contribution >= 4 is 23.0 Å². The van der Waals surface area contributed by atoms with Gasteiger partial charge in [-0.2, -0.15) is 0 Å². The molecule has 2 aromatic heterocycles. The average molecular weight is 249 g/mol. The first-order valence-electron chi connectivity index (χ1n) is 5.49. The molecular formula is C11H15N5S. The van der Waals surface area contributed by atoms with Gasteiger partial charge in [0, 0.05) is 23.7 Å². The number of anilines is 2. The summed E-state index contributed by atoms with van der Waals surface area (Å²) in [7, 11) is 0. The van der Waals surface area contributed by atoms with Crippen molar-refractivity contribution in [3.8, 4) is 0 Å². The maximum Gasteiger partial charge on any atom is 0.131 e. The summed E-state index contributed by atoms with van der Waals surface area (Å²) in [6.45, 7) is 5.63. The summed E-state index contributed by atoms with van der Waals surface area (Å²) in [6, 6.07) is 1.90. The van der Waals surface area contributed by atoms with Crippen LogP contribution in [0.15, 0.2) is 18.6 Å². The zero-order valence-corrected chi connectivity index (χ0v) is 10.7. The van der Waals surface area contributed by atoms with Crippen LogP contribution in [0.3, 0.4) is 0 Å². The third-order valence-electron chi connectivity index (χ3n) is 2.14. The molecule has 5 nitrogen and oxygen atoms in total. The van der Waals surface area contributed by atoms with Gasteiger partial charge in [0.1, 0.15) is 18.0 Å². The molecule has 2 rings (SSSR count). The number of rotatable bonds is 5. The molecule has 0 bridgehead atoms. The molecule has 0 aliphatic heterocycles. The van der Waals surface area contributed by atoms with Crippen LogP contribution < -0.4 is 10.6 Å². The Morgan fingerprint density at radius 1 is 1.18 bits per heavy atom. The van der Waals surface area contributed by atoms with E-state index in [0.29, 0.717) is 0 Å². The first-order chi connectivity index (χ1) is 8.28. The normalized spacial score (nSPS) is 10.2. The van der Waals surface area contributed by atoms with Gasteiger partial charge in [0.05, 0.1) is 11.6 Å². The molecule has 90 valence electrons. The largest absolute Gasteiger partial charge is 0.370 e. The molecule has 0 saturated carbocycles. The van der Waals surface area contributed by atoms with Crippen LogP contribution in [-0.4, -0.2) is 21.5 Å². The topological polar surface area (TPSA) is 62.7 Å². The second kappa shape index (κ2) is 5.58. The second-order valence-corrected chi connectivity index (χ2v) is 4.84. The smallest absolute Gasteiger partial charge is 0.131 e. The van der Waals surface area contributed by atoms with Gasteiger partial charge >= 0.3 is 0 Å². The lowest BCUT2D eigenvalue weighted by molar-refractivity contribution is 1.07. The van der Waals surface area contributed by atoms with E-state index in [1.807, 2.05) is 26.1 Å². The Kier molecular flexibility index (Phi) is 3.87. The van der Waals surface area contributed by atoms with Crippen LogP contribution >= 0.6 is 11.3 Å². The van der Waals surface area contributed by atoms with Crippen molar-refractivity contribution in [3.05, 3.63) is 28.5 Å². The van der Waals surface area contributed by atoms with E-state index in [1.54, 1.807) is 17.7 Å². The van der Waals surface area contributed by atoms with Crippen molar-refractivity contribution in [2.24, 2.45) is 0 Å². The first-order valence-corrected chi connectivity index (χ1v) is 6.30. The molecule has 0 atom stereocenters. The summed E-state index contributed by atoms with van der Waals surface area (Å²) in [5.74, 6) is 1.66. The quantitative estimate of drug-likeness (QED) is 0.851. The van der Waals surface area contributed by atoms with Crippen LogP contribution in [0.4, 0.5) is 11.6 Å². The van der Waals surface area contributed by atoms with Gasteiger partial charge in [0.25, 0.3) is 0 Å². The summed E-state index contributed by atoms with van der Waals surface area (Å²) in [5.41, 5.74) is 0. The van der Waals surface area contributed by atoms with Gasteiger partial charge in [-0.15, -0.1) is 11.3 Å². The molecule has 0 unspecified atom stereocenters. The van der Waals surface area contributed by atoms with Crippen LogP contribution in [0, 0.1) is 6.92 Å². The number of aryl methyl sites for hydroxylation is 1. The van der Waals surface area contributed by atoms with Crippen molar-refractivity contribution < 1.29 is 0 Å². The van der Waals surface area contributed by atoms with Crippen molar-refractivity contribution in [2.45, 2.75) is 20.4 Å². The number of aromatic nitrogens is 3. The van der Waals surface area contributed by atoms with Crippen LogP contribution in [0.25, 0.3) is 0 Å². The third-order valence-corrected chi connectivity index (χ3v) is 3.05. The Hall–Kier alpha value is -1.69. The Balaban J connectivity index is 1.96. The highest BCUT2D eigenvalue weighted by atomic mass is 32.1. The summed E-state index contributed by atoms with van der Waals surface area (Å²) >= 11 is 1.69. The lowest BCUT2D eigenvalue weighted by Gasteiger charge is -2.06. The summed E-state index contributed by atoms with van der Waals surface area (Å²) < 4.78 is 0. The molecular weight excluding hydrogens is 234 g/mol. The van der Waals surface area contributed by atoms with E-state index in [0.717, 1.165) is 29.7 Å². The molecule has 0 aliphatic carbocycles. The van der Waals surface area contributed by atoms with Gasteiger partial charge in [-0.05, 0) is 13.8 Å².